The number of ether oxygens (including phenoxy) is 1. The summed E-state index contributed by atoms with van der Waals surface area (Å²) in [4.78, 5) is 0. The summed E-state index contributed by atoms with van der Waals surface area (Å²) in [5, 5.41) is 8.75. The lowest BCUT2D eigenvalue weighted by atomic mass is 10.0. The average molecular weight is 234 g/mol. The van der Waals surface area contributed by atoms with Crippen molar-refractivity contribution < 1.29 is 23.0 Å². The van der Waals surface area contributed by atoms with E-state index in [0.29, 0.717) is 12.0 Å². The quantitative estimate of drug-likeness (QED) is 0.868. The van der Waals surface area contributed by atoms with Crippen LogP contribution in [0.4, 0.5) is 13.2 Å². The minimum absolute atomic E-state index is 0.0699. The molecule has 1 atom stereocenters. The Morgan fingerprint density at radius 3 is 2.19 bits per heavy atom. The first-order valence-electron chi connectivity index (χ1n) is 4.80. The van der Waals surface area contributed by atoms with Gasteiger partial charge in [-0.2, -0.15) is 13.2 Å². The highest BCUT2D eigenvalue weighted by Gasteiger charge is 2.30. The van der Waals surface area contributed by atoms with Crippen molar-refractivity contribution in [2.24, 2.45) is 0 Å². The fraction of sp³-hybridized carbons (Fsp3) is 0.455. The number of hydrogen-bond donors (Lipinski definition) is 1. The second-order valence-corrected chi connectivity index (χ2v) is 3.36. The molecular formula is C11H13F3O2. The summed E-state index contributed by atoms with van der Waals surface area (Å²) in [7, 11) is 1.46. The van der Waals surface area contributed by atoms with Crippen LogP contribution in [-0.4, -0.2) is 18.8 Å². The van der Waals surface area contributed by atoms with Crippen LogP contribution in [0.5, 0.6) is 0 Å². The van der Waals surface area contributed by atoms with Crippen LogP contribution < -0.4 is 0 Å². The number of alkyl halides is 3. The molecule has 16 heavy (non-hydrogen) atoms. The number of hydrogen-bond acceptors (Lipinski definition) is 2. The lowest BCUT2D eigenvalue weighted by molar-refractivity contribution is -0.137. The number of methoxy groups -OCH3 is 1. The molecule has 2 nitrogen and oxygen atoms in total. The van der Waals surface area contributed by atoms with Crippen LogP contribution in [0.3, 0.4) is 0 Å². The topological polar surface area (TPSA) is 29.5 Å². The fourth-order valence-corrected chi connectivity index (χ4v) is 1.42. The van der Waals surface area contributed by atoms with Gasteiger partial charge in [0.1, 0.15) is 0 Å². The second kappa shape index (κ2) is 5.32. The Morgan fingerprint density at radius 2 is 1.81 bits per heavy atom. The van der Waals surface area contributed by atoms with E-state index in [-0.39, 0.29) is 12.7 Å². The van der Waals surface area contributed by atoms with Gasteiger partial charge in [0, 0.05) is 20.1 Å². The number of aliphatic hydroxyl groups is 1. The maximum atomic E-state index is 12.3. The van der Waals surface area contributed by atoms with E-state index in [4.69, 9.17) is 9.84 Å². The lowest BCUT2D eigenvalue weighted by Crippen LogP contribution is -2.07. The largest absolute Gasteiger partial charge is 0.416 e. The molecule has 0 saturated carbocycles. The van der Waals surface area contributed by atoms with Crippen molar-refractivity contribution in [1.29, 1.82) is 0 Å². The summed E-state index contributed by atoms with van der Waals surface area (Å²) in [5.74, 6) is 0. The highest BCUT2D eigenvalue weighted by molar-refractivity contribution is 5.26. The van der Waals surface area contributed by atoms with Crippen molar-refractivity contribution in [3.05, 3.63) is 35.4 Å². The van der Waals surface area contributed by atoms with E-state index in [9.17, 15) is 13.2 Å². The number of aliphatic hydroxyl groups excluding tert-OH is 1. The number of benzene rings is 1. The Kier molecular flexibility index (Phi) is 4.32. The first-order valence-corrected chi connectivity index (χ1v) is 4.80. The van der Waals surface area contributed by atoms with Gasteiger partial charge in [-0.05, 0) is 17.7 Å². The summed E-state index contributed by atoms with van der Waals surface area (Å²) >= 11 is 0. The predicted molar refractivity (Wildman–Crippen MR) is 52.9 cm³/mol. The summed E-state index contributed by atoms with van der Waals surface area (Å²) in [5.41, 5.74) is -0.0559. The van der Waals surface area contributed by atoms with E-state index in [1.54, 1.807) is 0 Å². The van der Waals surface area contributed by atoms with Gasteiger partial charge >= 0.3 is 6.18 Å². The smallest absolute Gasteiger partial charge is 0.396 e. The van der Waals surface area contributed by atoms with E-state index in [1.165, 1.54) is 19.2 Å². The first-order chi connectivity index (χ1) is 7.49. The summed E-state index contributed by atoms with van der Waals surface area (Å²) in [6, 6.07) is 4.76. The maximum absolute atomic E-state index is 12.3. The Bertz CT molecular complexity index is 319. The van der Waals surface area contributed by atoms with Crippen LogP contribution in [0.1, 0.15) is 23.7 Å². The highest BCUT2D eigenvalue weighted by atomic mass is 19.4. The molecule has 1 unspecified atom stereocenters. The molecule has 0 radical (unpaired) electrons. The molecule has 5 heteroatoms. The summed E-state index contributed by atoms with van der Waals surface area (Å²) in [6.45, 7) is -0.0699. The Labute approximate surface area is 91.7 Å². The van der Waals surface area contributed by atoms with Crippen molar-refractivity contribution in [3.63, 3.8) is 0 Å². The molecule has 0 fully saturated rings. The molecule has 0 amide bonds. The lowest BCUT2D eigenvalue weighted by Gasteiger charge is -2.15. The molecule has 90 valence electrons. The molecule has 0 aliphatic rings. The minimum atomic E-state index is -4.32. The van der Waals surface area contributed by atoms with E-state index in [1.807, 2.05) is 0 Å². The Hall–Kier alpha value is -1.07. The van der Waals surface area contributed by atoms with Gasteiger partial charge in [-0.25, -0.2) is 0 Å². The van der Waals surface area contributed by atoms with Crippen LogP contribution >= 0.6 is 0 Å². The molecular weight excluding hydrogens is 221 g/mol. The van der Waals surface area contributed by atoms with Crippen LogP contribution in [0, 0.1) is 0 Å². The molecule has 0 aliphatic carbocycles. The summed E-state index contributed by atoms with van der Waals surface area (Å²) in [6.07, 6.45) is -4.33. The van der Waals surface area contributed by atoms with Gasteiger partial charge in [0.2, 0.25) is 0 Å². The standard InChI is InChI=1S/C11H13F3O2/c1-16-10(6-7-15)8-2-4-9(5-3-8)11(12,13)14/h2-5,10,15H,6-7H2,1H3. The predicted octanol–water partition coefficient (Wildman–Crippen LogP) is 2.78. The molecule has 0 aliphatic heterocycles. The molecule has 0 heterocycles. The first kappa shape index (κ1) is 13.0. The third kappa shape index (κ3) is 3.21. The molecule has 0 saturated heterocycles. The van der Waals surface area contributed by atoms with Crippen molar-refractivity contribution >= 4 is 0 Å². The SMILES string of the molecule is COC(CCO)c1ccc(C(F)(F)F)cc1. The van der Waals surface area contributed by atoms with Gasteiger partial charge in [0.15, 0.2) is 0 Å². The van der Waals surface area contributed by atoms with E-state index < -0.39 is 11.7 Å². The average Bonchev–Trinajstić information content (AvgIpc) is 2.25. The molecule has 1 aromatic rings. The van der Waals surface area contributed by atoms with Crippen LogP contribution in [0.2, 0.25) is 0 Å². The second-order valence-electron chi connectivity index (χ2n) is 3.36. The van der Waals surface area contributed by atoms with Gasteiger partial charge in [-0.3, -0.25) is 0 Å². The normalized spacial score (nSPS) is 13.8. The molecule has 0 spiro atoms. The highest BCUT2D eigenvalue weighted by Crippen LogP contribution is 2.30. The van der Waals surface area contributed by atoms with E-state index >= 15 is 0 Å². The van der Waals surface area contributed by atoms with Crippen LogP contribution in [0.15, 0.2) is 24.3 Å². The minimum Gasteiger partial charge on any atom is -0.396 e. The Balaban J connectivity index is 2.85. The molecule has 1 aromatic carbocycles. The number of halogens is 3. The Morgan fingerprint density at radius 1 is 1.25 bits per heavy atom. The summed E-state index contributed by atoms with van der Waals surface area (Å²) < 4.78 is 41.9. The van der Waals surface area contributed by atoms with Gasteiger partial charge in [0.05, 0.1) is 11.7 Å². The van der Waals surface area contributed by atoms with E-state index in [0.717, 1.165) is 12.1 Å². The zero-order valence-corrected chi connectivity index (χ0v) is 8.79. The zero-order chi connectivity index (χ0) is 12.2. The van der Waals surface area contributed by atoms with Gasteiger partial charge < -0.3 is 9.84 Å². The van der Waals surface area contributed by atoms with Gasteiger partial charge in [-0.1, -0.05) is 12.1 Å². The van der Waals surface area contributed by atoms with Crippen LogP contribution in [-0.2, 0) is 10.9 Å². The third-order valence-electron chi connectivity index (χ3n) is 2.29. The third-order valence-corrected chi connectivity index (χ3v) is 2.29. The van der Waals surface area contributed by atoms with E-state index in [2.05, 4.69) is 0 Å². The maximum Gasteiger partial charge on any atom is 0.416 e. The zero-order valence-electron chi connectivity index (χ0n) is 8.79. The van der Waals surface area contributed by atoms with Gasteiger partial charge in [-0.15, -0.1) is 0 Å². The fourth-order valence-electron chi connectivity index (χ4n) is 1.42. The monoisotopic (exact) mass is 234 g/mol. The molecule has 1 rings (SSSR count). The molecule has 0 bridgehead atoms. The van der Waals surface area contributed by atoms with Crippen LogP contribution in [0.25, 0.3) is 0 Å². The van der Waals surface area contributed by atoms with Crippen molar-refractivity contribution in [1.82, 2.24) is 0 Å². The molecule has 1 N–H and O–H groups in total. The number of rotatable bonds is 4. The van der Waals surface area contributed by atoms with Gasteiger partial charge in [0.25, 0.3) is 0 Å². The molecule has 0 aromatic heterocycles. The van der Waals surface area contributed by atoms with Crippen molar-refractivity contribution in [2.75, 3.05) is 13.7 Å². The van der Waals surface area contributed by atoms with Crippen molar-refractivity contribution in [3.8, 4) is 0 Å². The van der Waals surface area contributed by atoms with Crippen molar-refractivity contribution in [2.45, 2.75) is 18.7 Å².